The lowest BCUT2D eigenvalue weighted by Gasteiger charge is -2.16. The Kier molecular flexibility index (Phi) is 5.88. The number of H-pyrrole nitrogens is 1. The largest absolute Gasteiger partial charge is 0.469 e. The number of aliphatic hydroxyl groups excluding tert-OH is 1. The van der Waals surface area contributed by atoms with Crippen LogP contribution in [0.5, 0.6) is 0 Å². The van der Waals surface area contributed by atoms with Gasteiger partial charge in [0.15, 0.2) is 0 Å². The summed E-state index contributed by atoms with van der Waals surface area (Å²) in [5.74, 6) is 0. The van der Waals surface area contributed by atoms with Crippen LogP contribution in [0.1, 0.15) is 18.2 Å². The van der Waals surface area contributed by atoms with Gasteiger partial charge in [0, 0.05) is 19.2 Å². The van der Waals surface area contributed by atoms with Gasteiger partial charge >= 0.3 is 13.5 Å². The summed E-state index contributed by atoms with van der Waals surface area (Å²) in [6, 6.07) is 0. The average Bonchev–Trinajstić information content (AvgIpc) is 2.84. The van der Waals surface area contributed by atoms with Gasteiger partial charge in [-0.2, -0.15) is 0 Å². The van der Waals surface area contributed by atoms with Crippen LogP contribution in [0.25, 0.3) is 6.08 Å². The molecule has 0 saturated carbocycles. The predicted octanol–water partition coefficient (Wildman–Crippen LogP) is -1.73. The second-order valence-corrected chi connectivity index (χ2v) is 6.35. The van der Waals surface area contributed by atoms with Crippen molar-refractivity contribution in [1.29, 1.82) is 0 Å². The number of nitrogens with zero attached hydrogens (tertiary/aromatic N) is 1. The molecule has 1 saturated heterocycles. The summed E-state index contributed by atoms with van der Waals surface area (Å²) in [6.45, 7) is -0.334. The van der Waals surface area contributed by atoms with E-state index in [0.29, 0.717) is 0 Å². The van der Waals surface area contributed by atoms with Gasteiger partial charge in [-0.05, 0) is 0 Å². The Labute approximate surface area is 135 Å². The lowest BCUT2D eigenvalue weighted by molar-refractivity contribution is -0.0451. The number of aliphatic hydroxyl groups is 1. The van der Waals surface area contributed by atoms with Crippen LogP contribution in [-0.4, -0.2) is 49.8 Å². The summed E-state index contributed by atoms with van der Waals surface area (Å²) in [5, 5.41) is 9.90. The average molecular weight is 363 g/mol. The van der Waals surface area contributed by atoms with E-state index in [1.165, 1.54) is 18.3 Å². The molecule has 0 aromatic carbocycles. The van der Waals surface area contributed by atoms with Gasteiger partial charge in [0.2, 0.25) is 0 Å². The summed E-state index contributed by atoms with van der Waals surface area (Å²) < 4.78 is 21.5. The Hall–Kier alpha value is -1.59. The molecule has 1 aliphatic rings. The standard InChI is InChI=1S/C12H18N3O8P/c13-3-1-2-7-5-15(12(18)14-11(7)17)10-4-8(16)9(23-10)6-22-24(19,20)21/h1-2,5,8-10,16H,3-4,6,13H2,(H,14,17,18)(H2,19,20,21)/b2-1+/t8?,9-,10-/m1/s1. The highest BCUT2D eigenvalue weighted by Crippen LogP contribution is 2.38. The van der Waals surface area contributed by atoms with Crippen molar-refractivity contribution in [3.05, 3.63) is 38.7 Å². The normalized spacial score (nSPS) is 24.8. The minimum Gasteiger partial charge on any atom is -0.390 e. The van der Waals surface area contributed by atoms with Crippen molar-refractivity contribution in [3.8, 4) is 0 Å². The maximum atomic E-state index is 11.9. The third-order valence-corrected chi connectivity index (χ3v) is 3.84. The molecule has 0 spiro atoms. The van der Waals surface area contributed by atoms with Crippen molar-refractivity contribution in [3.63, 3.8) is 0 Å². The molecule has 0 bridgehead atoms. The van der Waals surface area contributed by atoms with Crippen molar-refractivity contribution in [2.24, 2.45) is 5.73 Å². The zero-order valence-electron chi connectivity index (χ0n) is 12.4. The van der Waals surface area contributed by atoms with Gasteiger partial charge in [0.05, 0.1) is 18.3 Å². The number of hydrogen-bond acceptors (Lipinski definition) is 7. The van der Waals surface area contributed by atoms with Gasteiger partial charge in [0.25, 0.3) is 5.56 Å². The van der Waals surface area contributed by atoms with Crippen LogP contribution in [0.2, 0.25) is 0 Å². The predicted molar refractivity (Wildman–Crippen MR) is 81.9 cm³/mol. The summed E-state index contributed by atoms with van der Waals surface area (Å²) >= 11 is 0. The minimum atomic E-state index is -4.70. The maximum Gasteiger partial charge on any atom is 0.469 e. The first-order valence-electron chi connectivity index (χ1n) is 6.97. The molecule has 0 amide bonds. The van der Waals surface area contributed by atoms with Crippen molar-refractivity contribution >= 4 is 13.9 Å². The lowest BCUT2D eigenvalue weighted by Crippen LogP contribution is -2.33. The topological polar surface area (TPSA) is 177 Å². The zero-order valence-corrected chi connectivity index (χ0v) is 13.3. The number of ether oxygens (including phenoxy) is 1. The van der Waals surface area contributed by atoms with Gasteiger partial charge in [-0.3, -0.25) is 18.9 Å². The van der Waals surface area contributed by atoms with E-state index < -0.39 is 44.1 Å². The SMILES string of the molecule is NC/C=C/c1cn([C@H]2CC(O)[C@@H](COP(=O)(O)O)O2)c(=O)[nH]c1=O. The molecule has 0 aliphatic carbocycles. The van der Waals surface area contributed by atoms with Crippen molar-refractivity contribution in [2.45, 2.75) is 24.9 Å². The number of hydrogen-bond donors (Lipinski definition) is 5. The van der Waals surface area contributed by atoms with E-state index in [9.17, 15) is 19.3 Å². The van der Waals surface area contributed by atoms with Crippen molar-refractivity contribution < 1.29 is 28.7 Å². The van der Waals surface area contributed by atoms with Gasteiger partial charge < -0.3 is 25.4 Å². The third kappa shape index (κ3) is 4.71. The Morgan fingerprint density at radius 1 is 1.50 bits per heavy atom. The van der Waals surface area contributed by atoms with E-state index in [1.807, 2.05) is 0 Å². The van der Waals surface area contributed by atoms with Crippen molar-refractivity contribution in [1.82, 2.24) is 9.55 Å². The van der Waals surface area contributed by atoms with Crippen LogP contribution in [0.3, 0.4) is 0 Å². The summed E-state index contributed by atoms with van der Waals surface area (Å²) in [5.41, 5.74) is 4.16. The second-order valence-electron chi connectivity index (χ2n) is 5.11. The first-order chi connectivity index (χ1) is 11.2. The van der Waals surface area contributed by atoms with Crippen LogP contribution >= 0.6 is 7.82 Å². The Morgan fingerprint density at radius 3 is 2.83 bits per heavy atom. The Balaban J connectivity index is 2.20. The highest BCUT2D eigenvalue weighted by atomic mass is 31.2. The molecule has 3 atom stereocenters. The maximum absolute atomic E-state index is 11.9. The number of nitrogens with one attached hydrogen (secondary N) is 1. The molecule has 1 aliphatic heterocycles. The van der Waals surface area contributed by atoms with E-state index >= 15 is 0 Å². The number of phosphoric ester groups is 1. The molecule has 1 aromatic heterocycles. The van der Waals surface area contributed by atoms with Crippen LogP contribution in [0.4, 0.5) is 0 Å². The molecular formula is C12H18N3O8P. The first-order valence-corrected chi connectivity index (χ1v) is 8.50. The lowest BCUT2D eigenvalue weighted by atomic mass is 10.2. The number of phosphoric acid groups is 1. The monoisotopic (exact) mass is 363 g/mol. The molecule has 2 rings (SSSR count). The molecule has 11 nitrogen and oxygen atoms in total. The van der Waals surface area contributed by atoms with E-state index in [0.717, 1.165) is 4.57 Å². The highest BCUT2D eigenvalue weighted by Gasteiger charge is 2.37. The molecule has 1 fully saturated rings. The quantitative estimate of drug-likeness (QED) is 0.367. The van der Waals surface area contributed by atoms with E-state index in [1.54, 1.807) is 0 Å². The molecule has 0 radical (unpaired) electrons. The Bertz CT molecular complexity index is 766. The van der Waals surface area contributed by atoms with Crippen molar-refractivity contribution in [2.75, 3.05) is 13.2 Å². The number of rotatable bonds is 6. The third-order valence-electron chi connectivity index (χ3n) is 3.35. The van der Waals surface area contributed by atoms with E-state index in [-0.39, 0.29) is 18.5 Å². The summed E-state index contributed by atoms with van der Waals surface area (Å²) in [6.07, 6.45) is 1.18. The van der Waals surface area contributed by atoms with Crippen LogP contribution < -0.4 is 17.0 Å². The van der Waals surface area contributed by atoms with Gasteiger partial charge in [0.1, 0.15) is 12.3 Å². The number of aromatic amines is 1. The molecule has 1 unspecified atom stereocenters. The van der Waals surface area contributed by atoms with Crippen LogP contribution in [0, 0.1) is 0 Å². The molecule has 2 heterocycles. The molecule has 6 N–H and O–H groups in total. The van der Waals surface area contributed by atoms with Gasteiger partial charge in [-0.25, -0.2) is 9.36 Å². The molecular weight excluding hydrogens is 345 g/mol. The fourth-order valence-electron chi connectivity index (χ4n) is 2.24. The van der Waals surface area contributed by atoms with E-state index in [4.69, 9.17) is 20.3 Å². The fraction of sp³-hybridized carbons (Fsp3) is 0.500. The smallest absolute Gasteiger partial charge is 0.390 e. The second kappa shape index (κ2) is 7.53. The minimum absolute atomic E-state index is 0.0127. The van der Waals surface area contributed by atoms with Gasteiger partial charge in [-0.15, -0.1) is 0 Å². The summed E-state index contributed by atoms with van der Waals surface area (Å²) in [7, 11) is -4.70. The Morgan fingerprint density at radius 2 is 2.21 bits per heavy atom. The van der Waals surface area contributed by atoms with Crippen LogP contribution in [-0.2, 0) is 13.8 Å². The summed E-state index contributed by atoms with van der Waals surface area (Å²) in [4.78, 5) is 43.1. The molecule has 12 heteroatoms. The number of aromatic nitrogens is 2. The fourth-order valence-corrected chi connectivity index (χ4v) is 2.58. The van der Waals surface area contributed by atoms with Crippen LogP contribution in [0.15, 0.2) is 21.9 Å². The zero-order chi connectivity index (χ0) is 17.9. The molecule has 1 aromatic rings. The number of nitrogens with two attached hydrogens (primary N) is 1. The molecule has 134 valence electrons. The van der Waals surface area contributed by atoms with Gasteiger partial charge in [-0.1, -0.05) is 12.2 Å². The highest BCUT2D eigenvalue weighted by molar-refractivity contribution is 7.46. The first kappa shape index (κ1) is 18.7. The molecule has 24 heavy (non-hydrogen) atoms. The van der Waals surface area contributed by atoms with E-state index in [2.05, 4.69) is 9.51 Å².